The SMILES string of the molecule is Cn1nc(-c2ccc(F)cc2)c(Cl)c1N1C(=O)c2ccccc2C1=O. The standard InChI is InChI=1S/C18H11ClFN3O2/c1-22-16(14(19)15(21-22)10-6-8-11(20)9-7-10)23-17(24)12-4-2-3-5-13(12)18(23)25/h2-9H,1H3. The van der Waals surface area contributed by atoms with Gasteiger partial charge in [-0.05, 0) is 36.4 Å². The van der Waals surface area contributed by atoms with Crippen LogP contribution in [0.3, 0.4) is 0 Å². The van der Waals surface area contributed by atoms with Crippen LogP contribution in [0, 0.1) is 5.82 Å². The summed E-state index contributed by atoms with van der Waals surface area (Å²) in [6, 6.07) is 12.3. The minimum atomic E-state index is -0.448. The van der Waals surface area contributed by atoms with Gasteiger partial charge >= 0.3 is 0 Å². The van der Waals surface area contributed by atoms with Crippen LogP contribution in [0.4, 0.5) is 10.2 Å². The van der Waals surface area contributed by atoms with Gasteiger partial charge in [-0.2, -0.15) is 5.10 Å². The maximum absolute atomic E-state index is 13.1. The maximum Gasteiger partial charge on any atom is 0.267 e. The lowest BCUT2D eigenvalue weighted by Gasteiger charge is -2.14. The number of halogens is 2. The number of hydrogen-bond donors (Lipinski definition) is 0. The Morgan fingerprint density at radius 3 is 2.08 bits per heavy atom. The van der Waals surface area contributed by atoms with Gasteiger partial charge in [0.2, 0.25) is 0 Å². The number of benzene rings is 2. The molecule has 0 unspecified atom stereocenters. The molecule has 0 saturated carbocycles. The second kappa shape index (κ2) is 5.53. The Hall–Kier alpha value is -2.99. The van der Waals surface area contributed by atoms with E-state index in [9.17, 15) is 14.0 Å². The van der Waals surface area contributed by atoms with Gasteiger partial charge in [0.15, 0.2) is 5.82 Å². The van der Waals surface area contributed by atoms with Crippen LogP contribution in [-0.4, -0.2) is 21.6 Å². The van der Waals surface area contributed by atoms with Crippen LogP contribution in [0.15, 0.2) is 48.5 Å². The molecule has 5 nitrogen and oxygen atoms in total. The number of hydrogen-bond acceptors (Lipinski definition) is 3. The monoisotopic (exact) mass is 355 g/mol. The van der Waals surface area contributed by atoms with Crippen molar-refractivity contribution in [2.45, 2.75) is 0 Å². The van der Waals surface area contributed by atoms with Crippen LogP contribution in [0.1, 0.15) is 20.7 Å². The summed E-state index contributed by atoms with van der Waals surface area (Å²) in [7, 11) is 1.60. The third-order valence-electron chi connectivity index (χ3n) is 4.08. The molecular formula is C18H11ClFN3O2. The van der Waals surface area contributed by atoms with E-state index in [4.69, 9.17) is 11.6 Å². The van der Waals surface area contributed by atoms with Gasteiger partial charge in [0, 0.05) is 12.6 Å². The Bertz CT molecular complexity index is 992. The van der Waals surface area contributed by atoms with E-state index >= 15 is 0 Å². The Morgan fingerprint density at radius 2 is 1.52 bits per heavy atom. The average molecular weight is 356 g/mol. The van der Waals surface area contributed by atoms with E-state index in [-0.39, 0.29) is 16.7 Å². The molecular weight excluding hydrogens is 345 g/mol. The number of fused-ring (bicyclic) bond motifs is 1. The number of aryl methyl sites for hydroxylation is 1. The predicted octanol–water partition coefficient (Wildman–Crippen LogP) is 3.68. The van der Waals surface area contributed by atoms with Gasteiger partial charge in [-0.25, -0.2) is 14.0 Å². The maximum atomic E-state index is 13.1. The van der Waals surface area contributed by atoms with Crippen LogP contribution in [-0.2, 0) is 7.05 Å². The number of carbonyl (C=O) groups is 2. The molecule has 0 fully saturated rings. The number of carbonyl (C=O) groups excluding carboxylic acids is 2. The number of amides is 2. The van der Waals surface area contributed by atoms with E-state index < -0.39 is 11.8 Å². The zero-order valence-electron chi connectivity index (χ0n) is 13.0. The third-order valence-corrected chi connectivity index (χ3v) is 4.43. The van der Waals surface area contributed by atoms with E-state index in [2.05, 4.69) is 5.10 Å². The highest BCUT2D eigenvalue weighted by atomic mass is 35.5. The van der Waals surface area contributed by atoms with Crippen LogP contribution in [0.5, 0.6) is 0 Å². The second-order valence-corrected chi connectivity index (χ2v) is 5.99. The summed E-state index contributed by atoms with van der Waals surface area (Å²) in [6.45, 7) is 0. The zero-order valence-corrected chi connectivity index (χ0v) is 13.8. The Kier molecular flexibility index (Phi) is 3.43. The van der Waals surface area contributed by atoms with Crippen molar-refractivity contribution in [2.75, 3.05) is 4.90 Å². The lowest BCUT2D eigenvalue weighted by Crippen LogP contribution is -2.31. The molecule has 1 aliphatic rings. The van der Waals surface area contributed by atoms with Gasteiger partial charge in [-0.3, -0.25) is 9.59 Å². The minimum Gasteiger partial charge on any atom is -0.268 e. The summed E-state index contributed by atoms with van der Waals surface area (Å²) in [5.74, 6) is -1.09. The van der Waals surface area contributed by atoms with Gasteiger partial charge in [-0.15, -0.1) is 0 Å². The molecule has 124 valence electrons. The highest BCUT2D eigenvalue weighted by molar-refractivity contribution is 6.40. The van der Waals surface area contributed by atoms with Crippen molar-refractivity contribution < 1.29 is 14.0 Å². The molecule has 0 atom stereocenters. The molecule has 4 rings (SSSR count). The van der Waals surface area contributed by atoms with E-state index in [0.717, 1.165) is 4.90 Å². The Balaban J connectivity index is 1.84. The lowest BCUT2D eigenvalue weighted by molar-refractivity contribution is 0.0923. The van der Waals surface area contributed by atoms with Crippen molar-refractivity contribution in [1.82, 2.24) is 9.78 Å². The zero-order chi connectivity index (χ0) is 17.7. The molecule has 2 aromatic carbocycles. The molecule has 0 aliphatic carbocycles. The molecule has 0 bridgehead atoms. The molecule has 3 aromatic rings. The molecule has 0 spiro atoms. The summed E-state index contributed by atoms with van der Waals surface area (Å²) in [5, 5.41) is 4.46. The summed E-state index contributed by atoms with van der Waals surface area (Å²) in [6.07, 6.45) is 0. The number of nitrogens with zero attached hydrogens (tertiary/aromatic N) is 3. The molecule has 2 heterocycles. The first-order chi connectivity index (χ1) is 12.0. The third kappa shape index (κ3) is 2.26. The molecule has 25 heavy (non-hydrogen) atoms. The summed E-state index contributed by atoms with van der Waals surface area (Å²) in [4.78, 5) is 26.3. The molecule has 2 amide bonds. The molecule has 7 heteroatoms. The van der Waals surface area contributed by atoms with Crippen LogP contribution >= 0.6 is 11.6 Å². The first-order valence-corrected chi connectivity index (χ1v) is 7.83. The average Bonchev–Trinajstić information content (AvgIpc) is 3.03. The van der Waals surface area contributed by atoms with Crippen LogP contribution in [0.25, 0.3) is 11.3 Å². The highest BCUT2D eigenvalue weighted by Crippen LogP contribution is 2.38. The smallest absolute Gasteiger partial charge is 0.267 e. The second-order valence-electron chi connectivity index (χ2n) is 5.61. The van der Waals surface area contributed by atoms with Crippen molar-refractivity contribution in [3.63, 3.8) is 0 Å². The summed E-state index contributed by atoms with van der Waals surface area (Å²) >= 11 is 6.43. The van der Waals surface area contributed by atoms with E-state index in [1.807, 2.05) is 0 Å². The Labute approximate surface area is 147 Å². The normalized spacial score (nSPS) is 13.5. The number of imide groups is 1. The van der Waals surface area contributed by atoms with E-state index in [1.54, 1.807) is 31.3 Å². The van der Waals surface area contributed by atoms with Crippen LogP contribution < -0.4 is 4.90 Å². The first kappa shape index (κ1) is 15.5. The summed E-state index contributed by atoms with van der Waals surface area (Å²) < 4.78 is 14.5. The fourth-order valence-electron chi connectivity index (χ4n) is 2.91. The van der Waals surface area contributed by atoms with Gasteiger partial charge in [0.05, 0.1) is 11.1 Å². The summed E-state index contributed by atoms with van der Waals surface area (Å²) in [5.41, 5.74) is 1.61. The largest absolute Gasteiger partial charge is 0.268 e. The van der Waals surface area contributed by atoms with Crippen molar-refractivity contribution in [2.24, 2.45) is 7.05 Å². The van der Waals surface area contributed by atoms with Gasteiger partial charge in [0.25, 0.3) is 11.8 Å². The van der Waals surface area contributed by atoms with E-state index in [1.165, 1.54) is 28.9 Å². The quantitative estimate of drug-likeness (QED) is 0.659. The highest BCUT2D eigenvalue weighted by Gasteiger charge is 2.39. The topological polar surface area (TPSA) is 55.2 Å². The molecule has 1 aromatic heterocycles. The van der Waals surface area contributed by atoms with E-state index in [0.29, 0.717) is 22.4 Å². The van der Waals surface area contributed by atoms with Crippen molar-refractivity contribution in [1.29, 1.82) is 0 Å². The first-order valence-electron chi connectivity index (χ1n) is 7.45. The molecule has 0 radical (unpaired) electrons. The molecule has 0 saturated heterocycles. The van der Waals surface area contributed by atoms with Crippen molar-refractivity contribution >= 4 is 29.2 Å². The number of rotatable bonds is 2. The minimum absolute atomic E-state index is 0.156. The molecule has 1 aliphatic heterocycles. The number of aromatic nitrogens is 2. The van der Waals surface area contributed by atoms with Crippen molar-refractivity contribution in [3.8, 4) is 11.3 Å². The Morgan fingerprint density at radius 1 is 0.960 bits per heavy atom. The fourth-order valence-corrected chi connectivity index (χ4v) is 3.26. The molecule has 0 N–H and O–H groups in total. The predicted molar refractivity (Wildman–Crippen MR) is 91.2 cm³/mol. The lowest BCUT2D eigenvalue weighted by atomic mass is 10.1. The number of anilines is 1. The van der Waals surface area contributed by atoms with Crippen LogP contribution in [0.2, 0.25) is 5.02 Å². The fraction of sp³-hybridized carbons (Fsp3) is 0.0556. The van der Waals surface area contributed by atoms with Gasteiger partial charge in [-0.1, -0.05) is 23.7 Å². The van der Waals surface area contributed by atoms with Gasteiger partial charge < -0.3 is 0 Å². The van der Waals surface area contributed by atoms with Gasteiger partial charge in [0.1, 0.15) is 16.5 Å². The van der Waals surface area contributed by atoms with Crippen molar-refractivity contribution in [3.05, 3.63) is 70.5 Å².